The summed E-state index contributed by atoms with van der Waals surface area (Å²) >= 11 is 0. The molecule has 1 rings (SSSR count). The summed E-state index contributed by atoms with van der Waals surface area (Å²) < 4.78 is 0. The molecule has 0 aromatic rings. The minimum Gasteiger partial charge on any atom is -0.393 e. The van der Waals surface area contributed by atoms with Crippen molar-refractivity contribution in [2.45, 2.75) is 44.8 Å². The Kier molecular flexibility index (Phi) is 4.90. The quantitative estimate of drug-likeness (QED) is 0.530. The van der Waals surface area contributed by atoms with Gasteiger partial charge in [0.2, 0.25) is 5.91 Å². The number of rotatable bonds is 6. The Labute approximate surface area is 85.1 Å². The van der Waals surface area contributed by atoms with Crippen LogP contribution in [0.3, 0.4) is 0 Å². The van der Waals surface area contributed by atoms with Crippen molar-refractivity contribution in [1.29, 1.82) is 0 Å². The number of hydrogen-bond acceptors (Lipinski definition) is 3. The molecule has 1 aliphatic rings. The number of hydrogen-bond donors (Lipinski definition) is 3. The zero-order valence-corrected chi connectivity index (χ0v) is 8.75. The molecule has 1 aliphatic heterocycles. The third-order valence-electron chi connectivity index (χ3n) is 2.60. The molecule has 4 nitrogen and oxygen atoms in total. The molecule has 1 fully saturated rings. The fourth-order valence-electron chi connectivity index (χ4n) is 1.58. The van der Waals surface area contributed by atoms with Crippen LogP contribution >= 0.6 is 0 Å². The SMILES string of the molecule is CCC(O)CCNCC1CCC(=O)N1. The van der Waals surface area contributed by atoms with Gasteiger partial charge in [-0.05, 0) is 25.8 Å². The van der Waals surface area contributed by atoms with E-state index in [1.54, 1.807) is 0 Å². The third-order valence-corrected chi connectivity index (χ3v) is 2.60. The molecule has 0 saturated carbocycles. The molecule has 4 heteroatoms. The van der Waals surface area contributed by atoms with E-state index in [1.807, 2.05) is 6.92 Å². The molecule has 3 N–H and O–H groups in total. The largest absolute Gasteiger partial charge is 0.393 e. The summed E-state index contributed by atoms with van der Waals surface area (Å²) in [5.41, 5.74) is 0. The van der Waals surface area contributed by atoms with E-state index in [-0.39, 0.29) is 12.0 Å². The van der Waals surface area contributed by atoms with Crippen LogP contribution in [-0.2, 0) is 4.79 Å². The maximum Gasteiger partial charge on any atom is 0.220 e. The second-order valence-corrected chi connectivity index (χ2v) is 3.86. The number of aliphatic hydroxyl groups excluding tert-OH is 1. The monoisotopic (exact) mass is 200 g/mol. The highest BCUT2D eigenvalue weighted by Gasteiger charge is 2.19. The normalized spacial score (nSPS) is 23.6. The molecule has 14 heavy (non-hydrogen) atoms. The van der Waals surface area contributed by atoms with E-state index in [2.05, 4.69) is 10.6 Å². The zero-order chi connectivity index (χ0) is 10.4. The lowest BCUT2D eigenvalue weighted by molar-refractivity contribution is -0.119. The number of amides is 1. The standard InChI is InChI=1S/C10H20N2O2/c1-2-9(13)5-6-11-7-8-3-4-10(14)12-8/h8-9,11,13H,2-7H2,1H3,(H,12,14). The van der Waals surface area contributed by atoms with Crippen LogP contribution in [0.25, 0.3) is 0 Å². The average molecular weight is 200 g/mol. The predicted molar refractivity (Wildman–Crippen MR) is 54.9 cm³/mol. The van der Waals surface area contributed by atoms with Crippen molar-refractivity contribution < 1.29 is 9.90 Å². The Morgan fingerprint density at radius 3 is 3.07 bits per heavy atom. The van der Waals surface area contributed by atoms with Gasteiger partial charge >= 0.3 is 0 Å². The fourth-order valence-corrected chi connectivity index (χ4v) is 1.58. The van der Waals surface area contributed by atoms with Gasteiger partial charge in [-0.3, -0.25) is 4.79 Å². The molecule has 82 valence electrons. The predicted octanol–water partition coefficient (Wildman–Crippen LogP) is 0.0156. The van der Waals surface area contributed by atoms with Gasteiger partial charge in [-0.2, -0.15) is 0 Å². The minimum atomic E-state index is -0.194. The van der Waals surface area contributed by atoms with Crippen molar-refractivity contribution in [1.82, 2.24) is 10.6 Å². The summed E-state index contributed by atoms with van der Waals surface area (Å²) in [5.74, 6) is 0.158. The van der Waals surface area contributed by atoms with Gasteiger partial charge in [0, 0.05) is 19.0 Å². The highest BCUT2D eigenvalue weighted by atomic mass is 16.3. The Bertz CT molecular complexity index is 185. The minimum absolute atomic E-state index is 0.158. The maximum absolute atomic E-state index is 10.9. The van der Waals surface area contributed by atoms with Gasteiger partial charge in [-0.25, -0.2) is 0 Å². The summed E-state index contributed by atoms with van der Waals surface area (Å²) in [6.45, 7) is 3.62. The molecule has 0 bridgehead atoms. The molecule has 2 unspecified atom stereocenters. The van der Waals surface area contributed by atoms with Gasteiger partial charge in [0.05, 0.1) is 6.10 Å². The van der Waals surface area contributed by atoms with Crippen molar-refractivity contribution in [2.24, 2.45) is 0 Å². The highest BCUT2D eigenvalue weighted by molar-refractivity contribution is 5.78. The second-order valence-electron chi connectivity index (χ2n) is 3.86. The second kappa shape index (κ2) is 5.98. The first-order valence-electron chi connectivity index (χ1n) is 5.40. The van der Waals surface area contributed by atoms with E-state index in [0.717, 1.165) is 32.4 Å². The number of carbonyl (C=O) groups excluding carboxylic acids is 1. The molecular formula is C10H20N2O2. The summed E-state index contributed by atoms with van der Waals surface area (Å²) in [6.07, 6.45) is 2.99. The smallest absolute Gasteiger partial charge is 0.220 e. The first kappa shape index (κ1) is 11.5. The van der Waals surface area contributed by atoms with Crippen LogP contribution in [0.1, 0.15) is 32.6 Å². The summed E-state index contributed by atoms with van der Waals surface area (Å²) in [4.78, 5) is 10.9. The zero-order valence-electron chi connectivity index (χ0n) is 8.75. The Hall–Kier alpha value is -0.610. The van der Waals surface area contributed by atoms with Crippen LogP contribution in [0, 0.1) is 0 Å². The van der Waals surface area contributed by atoms with Gasteiger partial charge in [0.1, 0.15) is 0 Å². The van der Waals surface area contributed by atoms with Crippen LogP contribution in [0.2, 0.25) is 0 Å². The average Bonchev–Trinajstić information content (AvgIpc) is 2.58. The fraction of sp³-hybridized carbons (Fsp3) is 0.900. The van der Waals surface area contributed by atoms with Crippen molar-refractivity contribution in [3.8, 4) is 0 Å². The maximum atomic E-state index is 10.9. The Morgan fingerprint density at radius 1 is 1.71 bits per heavy atom. The van der Waals surface area contributed by atoms with Gasteiger partial charge in [0.25, 0.3) is 0 Å². The van der Waals surface area contributed by atoms with Crippen molar-refractivity contribution in [3.63, 3.8) is 0 Å². The molecular weight excluding hydrogens is 180 g/mol. The molecule has 0 aliphatic carbocycles. The van der Waals surface area contributed by atoms with Crippen LogP contribution in [0.15, 0.2) is 0 Å². The molecule has 0 aromatic carbocycles. The van der Waals surface area contributed by atoms with E-state index in [0.29, 0.717) is 12.5 Å². The van der Waals surface area contributed by atoms with E-state index >= 15 is 0 Å². The lowest BCUT2D eigenvalue weighted by Crippen LogP contribution is -2.36. The molecule has 1 amide bonds. The number of aliphatic hydroxyl groups is 1. The van der Waals surface area contributed by atoms with E-state index in [1.165, 1.54) is 0 Å². The summed E-state index contributed by atoms with van der Waals surface area (Å²) in [5, 5.41) is 15.4. The summed E-state index contributed by atoms with van der Waals surface area (Å²) in [7, 11) is 0. The summed E-state index contributed by atoms with van der Waals surface area (Å²) in [6, 6.07) is 0.293. The Balaban J connectivity index is 1.96. The number of nitrogens with one attached hydrogen (secondary N) is 2. The van der Waals surface area contributed by atoms with Crippen LogP contribution in [-0.4, -0.2) is 36.2 Å². The Morgan fingerprint density at radius 2 is 2.50 bits per heavy atom. The van der Waals surface area contributed by atoms with Gasteiger partial charge in [0.15, 0.2) is 0 Å². The number of carbonyl (C=O) groups is 1. The lowest BCUT2D eigenvalue weighted by atomic mass is 10.2. The molecule has 1 saturated heterocycles. The molecule has 1 heterocycles. The lowest BCUT2D eigenvalue weighted by Gasteiger charge is -2.12. The first-order chi connectivity index (χ1) is 6.72. The van der Waals surface area contributed by atoms with Crippen LogP contribution in [0.5, 0.6) is 0 Å². The van der Waals surface area contributed by atoms with Crippen LogP contribution < -0.4 is 10.6 Å². The van der Waals surface area contributed by atoms with Gasteiger partial charge in [-0.1, -0.05) is 6.92 Å². The van der Waals surface area contributed by atoms with E-state index in [4.69, 9.17) is 0 Å². The van der Waals surface area contributed by atoms with E-state index in [9.17, 15) is 9.90 Å². The third kappa shape index (κ3) is 4.07. The highest BCUT2D eigenvalue weighted by Crippen LogP contribution is 2.04. The van der Waals surface area contributed by atoms with E-state index < -0.39 is 0 Å². The topological polar surface area (TPSA) is 61.4 Å². The van der Waals surface area contributed by atoms with Crippen molar-refractivity contribution >= 4 is 5.91 Å². The van der Waals surface area contributed by atoms with Gasteiger partial charge in [-0.15, -0.1) is 0 Å². The van der Waals surface area contributed by atoms with Crippen LogP contribution in [0.4, 0.5) is 0 Å². The molecule has 0 aromatic heterocycles. The first-order valence-corrected chi connectivity index (χ1v) is 5.40. The van der Waals surface area contributed by atoms with Crippen molar-refractivity contribution in [3.05, 3.63) is 0 Å². The molecule has 0 radical (unpaired) electrons. The molecule has 0 spiro atoms. The van der Waals surface area contributed by atoms with Crippen molar-refractivity contribution in [2.75, 3.05) is 13.1 Å². The van der Waals surface area contributed by atoms with Gasteiger partial charge < -0.3 is 15.7 Å². The molecule has 2 atom stereocenters.